The monoisotopic (exact) mass is 895 g/mol. The number of hydrogen-bond acceptors (Lipinski definition) is 2. The highest BCUT2D eigenvalue weighted by atomic mass is 32.1. The highest BCUT2D eigenvalue weighted by molar-refractivity contribution is 7.25. The van der Waals surface area contributed by atoms with Crippen molar-refractivity contribution in [3.05, 3.63) is 295 Å². The van der Waals surface area contributed by atoms with Crippen LogP contribution in [0.3, 0.4) is 0 Å². The summed E-state index contributed by atoms with van der Waals surface area (Å²) in [4.78, 5) is 2.41. The van der Waals surface area contributed by atoms with Crippen LogP contribution in [-0.2, 0) is 5.41 Å². The first-order chi connectivity index (χ1) is 34.2. The SMILES string of the molecule is c1ccc(-c2cccc(-c3cccc(N(c4ccccc4)c4ccc5sc6ccc(C7(c8cc(-c9ccccc9)cc(-c9ccccc9)c8)c8ccccc8-c8ccccc87)cc6c5c4)c3)c2)cc1. The van der Waals surface area contributed by atoms with Gasteiger partial charge in [0.05, 0.1) is 5.41 Å². The van der Waals surface area contributed by atoms with Crippen molar-refractivity contribution in [2.45, 2.75) is 5.41 Å². The number of thiophene rings is 1. The summed E-state index contributed by atoms with van der Waals surface area (Å²) in [7, 11) is 0. The van der Waals surface area contributed by atoms with Crippen LogP contribution in [-0.4, -0.2) is 0 Å². The van der Waals surface area contributed by atoms with Crippen LogP contribution in [0.1, 0.15) is 22.3 Å². The second-order valence-corrected chi connectivity index (χ2v) is 19.1. The van der Waals surface area contributed by atoms with E-state index in [0.29, 0.717) is 0 Å². The largest absolute Gasteiger partial charge is 0.310 e. The lowest BCUT2D eigenvalue weighted by atomic mass is 9.66. The molecule has 69 heavy (non-hydrogen) atoms. The number of rotatable bonds is 9. The fraction of sp³-hybridized carbons (Fsp3) is 0.0149. The molecule has 0 aliphatic heterocycles. The van der Waals surface area contributed by atoms with Crippen LogP contribution < -0.4 is 4.90 Å². The molecule has 0 unspecified atom stereocenters. The average Bonchev–Trinajstić information content (AvgIpc) is 3.95. The maximum atomic E-state index is 2.52. The Bertz CT molecular complexity index is 3730. The summed E-state index contributed by atoms with van der Waals surface area (Å²) in [6, 6.07) is 101. The fourth-order valence-electron chi connectivity index (χ4n) is 11.0. The third kappa shape index (κ3) is 7.00. The lowest BCUT2D eigenvalue weighted by Gasteiger charge is -2.35. The molecule has 1 aliphatic carbocycles. The molecule has 0 saturated carbocycles. The molecular formula is C67H45NS. The number of fused-ring (bicyclic) bond motifs is 6. The molecule has 0 spiro atoms. The topological polar surface area (TPSA) is 3.24 Å². The summed E-state index contributed by atoms with van der Waals surface area (Å²) >= 11 is 1.87. The predicted molar refractivity (Wildman–Crippen MR) is 293 cm³/mol. The second-order valence-electron chi connectivity index (χ2n) is 18.0. The molecule has 12 aromatic rings. The van der Waals surface area contributed by atoms with Crippen LogP contribution in [0.15, 0.2) is 273 Å². The number of anilines is 3. The molecular weight excluding hydrogens is 851 g/mol. The van der Waals surface area contributed by atoms with Crippen LogP contribution in [0.25, 0.3) is 75.8 Å². The zero-order valence-corrected chi connectivity index (χ0v) is 38.7. The van der Waals surface area contributed by atoms with Gasteiger partial charge < -0.3 is 4.90 Å². The first-order valence-corrected chi connectivity index (χ1v) is 24.5. The molecule has 2 heteroatoms. The minimum absolute atomic E-state index is 0.601. The van der Waals surface area contributed by atoms with Gasteiger partial charge in [-0.1, -0.05) is 194 Å². The number of para-hydroxylation sites is 1. The summed E-state index contributed by atoms with van der Waals surface area (Å²) in [6.45, 7) is 0. The van der Waals surface area contributed by atoms with Crippen molar-refractivity contribution in [3.63, 3.8) is 0 Å². The minimum Gasteiger partial charge on any atom is -0.310 e. The Kier molecular flexibility index (Phi) is 10.00. The molecule has 1 aromatic heterocycles. The van der Waals surface area contributed by atoms with Gasteiger partial charge >= 0.3 is 0 Å². The Hall–Kier alpha value is -8.56. The Morgan fingerprint density at radius 2 is 0.681 bits per heavy atom. The molecule has 0 radical (unpaired) electrons. The van der Waals surface area contributed by atoms with Crippen LogP contribution in [0.2, 0.25) is 0 Å². The van der Waals surface area contributed by atoms with E-state index in [0.717, 1.165) is 17.1 Å². The number of hydrogen-bond donors (Lipinski definition) is 0. The van der Waals surface area contributed by atoms with E-state index in [1.165, 1.54) is 98.1 Å². The van der Waals surface area contributed by atoms with Gasteiger partial charge in [0, 0.05) is 37.2 Å². The maximum Gasteiger partial charge on any atom is 0.0714 e. The van der Waals surface area contributed by atoms with Gasteiger partial charge in [-0.3, -0.25) is 0 Å². The molecule has 324 valence electrons. The summed E-state index contributed by atoms with van der Waals surface area (Å²) in [6.07, 6.45) is 0. The second kappa shape index (κ2) is 16.9. The molecule has 13 rings (SSSR count). The number of nitrogens with zero attached hydrogens (tertiary/aromatic N) is 1. The first kappa shape index (κ1) is 40.7. The molecule has 0 saturated heterocycles. The molecule has 0 bridgehead atoms. The van der Waals surface area contributed by atoms with E-state index in [2.05, 4.69) is 278 Å². The molecule has 1 nitrogen and oxygen atoms in total. The molecule has 0 amide bonds. The van der Waals surface area contributed by atoms with Gasteiger partial charge in [-0.05, 0) is 157 Å². The van der Waals surface area contributed by atoms with E-state index >= 15 is 0 Å². The smallest absolute Gasteiger partial charge is 0.0714 e. The van der Waals surface area contributed by atoms with Gasteiger partial charge in [0.1, 0.15) is 0 Å². The van der Waals surface area contributed by atoms with Crippen molar-refractivity contribution < 1.29 is 0 Å². The summed E-state index contributed by atoms with van der Waals surface area (Å²) < 4.78 is 2.54. The van der Waals surface area contributed by atoms with Gasteiger partial charge in [-0.15, -0.1) is 11.3 Å². The Balaban J connectivity index is 1.01. The average molecular weight is 896 g/mol. The first-order valence-electron chi connectivity index (χ1n) is 23.7. The summed E-state index contributed by atoms with van der Waals surface area (Å²) in [5.74, 6) is 0. The molecule has 11 aromatic carbocycles. The Labute approximate surface area is 407 Å². The van der Waals surface area contributed by atoms with Crippen LogP contribution >= 0.6 is 11.3 Å². The van der Waals surface area contributed by atoms with Gasteiger partial charge in [-0.2, -0.15) is 0 Å². The highest BCUT2D eigenvalue weighted by Crippen LogP contribution is 2.57. The van der Waals surface area contributed by atoms with Gasteiger partial charge in [0.15, 0.2) is 0 Å². The van der Waals surface area contributed by atoms with E-state index in [1.807, 2.05) is 11.3 Å². The normalized spacial score (nSPS) is 12.5. The molecule has 0 fully saturated rings. The third-order valence-corrected chi connectivity index (χ3v) is 15.3. The molecule has 0 atom stereocenters. The molecule has 1 heterocycles. The minimum atomic E-state index is -0.601. The van der Waals surface area contributed by atoms with Crippen LogP contribution in [0.4, 0.5) is 17.1 Å². The quantitative estimate of drug-likeness (QED) is 0.140. The Morgan fingerprint density at radius 3 is 1.29 bits per heavy atom. The maximum absolute atomic E-state index is 2.52. The highest BCUT2D eigenvalue weighted by Gasteiger charge is 2.46. The van der Waals surface area contributed by atoms with Crippen molar-refractivity contribution in [3.8, 4) is 55.6 Å². The molecule has 1 aliphatic rings. The van der Waals surface area contributed by atoms with E-state index < -0.39 is 5.41 Å². The zero-order valence-electron chi connectivity index (χ0n) is 37.8. The van der Waals surface area contributed by atoms with Gasteiger partial charge in [-0.25, -0.2) is 0 Å². The van der Waals surface area contributed by atoms with Gasteiger partial charge in [0.25, 0.3) is 0 Å². The Morgan fingerprint density at radius 1 is 0.261 bits per heavy atom. The lowest BCUT2D eigenvalue weighted by Crippen LogP contribution is -2.28. The van der Waals surface area contributed by atoms with E-state index in [1.54, 1.807) is 0 Å². The van der Waals surface area contributed by atoms with Crippen LogP contribution in [0.5, 0.6) is 0 Å². The zero-order chi connectivity index (χ0) is 45.7. The van der Waals surface area contributed by atoms with E-state index in [-0.39, 0.29) is 0 Å². The molecule has 0 N–H and O–H groups in total. The predicted octanol–water partition coefficient (Wildman–Crippen LogP) is 18.6. The van der Waals surface area contributed by atoms with E-state index in [9.17, 15) is 0 Å². The summed E-state index contributed by atoms with van der Waals surface area (Å²) in [5.41, 5.74) is 20.0. The fourth-order valence-corrected chi connectivity index (χ4v) is 12.0. The standard InChI is InChI=1S/C67H45NS/c1-5-19-46(20-6-1)49-25-17-26-50(39-49)51-27-18-30-57(43-51)68(56-28-11-4-12-29-56)58-36-38-66-62(45-58)61-44-54(35-37-65(61)69-66)67(63-33-15-13-31-59(63)60-32-14-16-34-64(60)67)55-41-52(47-21-7-2-8-22-47)40-53(42-55)48-23-9-3-10-24-48/h1-45H. The number of benzene rings is 11. The third-order valence-electron chi connectivity index (χ3n) is 14.1. The van der Waals surface area contributed by atoms with Crippen molar-refractivity contribution in [2.24, 2.45) is 0 Å². The van der Waals surface area contributed by atoms with Crippen molar-refractivity contribution in [1.29, 1.82) is 0 Å². The van der Waals surface area contributed by atoms with Crippen LogP contribution in [0, 0.1) is 0 Å². The van der Waals surface area contributed by atoms with E-state index in [4.69, 9.17) is 0 Å². The van der Waals surface area contributed by atoms with Gasteiger partial charge in [0.2, 0.25) is 0 Å². The van der Waals surface area contributed by atoms with Crippen molar-refractivity contribution in [1.82, 2.24) is 0 Å². The van der Waals surface area contributed by atoms with Crippen molar-refractivity contribution in [2.75, 3.05) is 4.90 Å². The summed E-state index contributed by atoms with van der Waals surface area (Å²) in [5, 5.41) is 2.51. The lowest BCUT2D eigenvalue weighted by molar-refractivity contribution is 0.771. The van der Waals surface area contributed by atoms with Crippen molar-refractivity contribution >= 4 is 48.6 Å².